The molecule has 0 saturated heterocycles. The van der Waals surface area contributed by atoms with Gasteiger partial charge in [-0.05, 0) is 67.1 Å². The number of hydrogen-bond acceptors (Lipinski definition) is 5. The lowest BCUT2D eigenvalue weighted by Gasteiger charge is -2.07. The predicted octanol–water partition coefficient (Wildman–Crippen LogP) is 4.36. The number of phenols is 1. The van der Waals surface area contributed by atoms with Crippen molar-refractivity contribution in [2.24, 2.45) is 0 Å². The van der Waals surface area contributed by atoms with Gasteiger partial charge in [0.15, 0.2) is 5.78 Å². The lowest BCUT2D eigenvalue weighted by molar-refractivity contribution is 0.104. The quantitative estimate of drug-likeness (QED) is 0.382. The molecule has 0 unspecified atom stereocenters. The van der Waals surface area contributed by atoms with Crippen LogP contribution in [0.2, 0.25) is 0 Å². The third-order valence-corrected chi connectivity index (χ3v) is 5.24. The number of rotatable bonds is 6. The van der Waals surface area contributed by atoms with E-state index in [1.807, 2.05) is 6.92 Å². The second-order valence-electron chi connectivity index (χ2n) is 6.16. The molecular weight excluding hydrogens is 376 g/mol. The van der Waals surface area contributed by atoms with E-state index in [1.165, 1.54) is 54.6 Å². The largest absolute Gasteiger partial charge is 0.508 e. The summed E-state index contributed by atoms with van der Waals surface area (Å²) >= 11 is 0. The maximum absolute atomic E-state index is 12.3. The monoisotopic (exact) mass is 394 g/mol. The Morgan fingerprint density at radius 2 is 1.50 bits per heavy atom. The molecule has 0 spiro atoms. The number of carbonyl (C=O) groups is 1. The minimum absolute atomic E-state index is 0.0649. The highest BCUT2D eigenvalue weighted by atomic mass is 32.2. The lowest BCUT2D eigenvalue weighted by Crippen LogP contribution is -2.09. The third kappa shape index (κ3) is 4.86. The topological polar surface area (TPSA) is 80.7 Å². The molecule has 5 nitrogen and oxygen atoms in total. The highest BCUT2D eigenvalue weighted by molar-refractivity contribution is 7.87. The first kappa shape index (κ1) is 19.4. The van der Waals surface area contributed by atoms with Crippen LogP contribution in [0.15, 0.2) is 83.8 Å². The zero-order valence-electron chi connectivity index (χ0n) is 15.1. The van der Waals surface area contributed by atoms with Crippen LogP contribution in [0.3, 0.4) is 0 Å². The van der Waals surface area contributed by atoms with Gasteiger partial charge in [0.25, 0.3) is 0 Å². The fourth-order valence-electron chi connectivity index (χ4n) is 2.41. The van der Waals surface area contributed by atoms with Gasteiger partial charge >= 0.3 is 10.1 Å². The molecule has 6 heteroatoms. The van der Waals surface area contributed by atoms with E-state index >= 15 is 0 Å². The van der Waals surface area contributed by atoms with Gasteiger partial charge in [-0.1, -0.05) is 35.9 Å². The number of benzene rings is 3. The van der Waals surface area contributed by atoms with Crippen LogP contribution in [0.5, 0.6) is 11.5 Å². The van der Waals surface area contributed by atoms with Crippen molar-refractivity contribution >= 4 is 22.0 Å². The molecule has 3 rings (SSSR count). The molecule has 1 N–H and O–H groups in total. The Morgan fingerprint density at radius 1 is 0.893 bits per heavy atom. The van der Waals surface area contributed by atoms with Crippen molar-refractivity contribution in [1.82, 2.24) is 0 Å². The van der Waals surface area contributed by atoms with Crippen molar-refractivity contribution in [3.63, 3.8) is 0 Å². The van der Waals surface area contributed by atoms with Crippen molar-refractivity contribution in [3.05, 3.63) is 95.6 Å². The maximum atomic E-state index is 12.3. The Hall–Kier alpha value is -3.38. The summed E-state index contributed by atoms with van der Waals surface area (Å²) in [4.78, 5) is 12.3. The number of hydrogen-bond donors (Lipinski definition) is 1. The Balaban J connectivity index is 1.69. The van der Waals surface area contributed by atoms with Crippen molar-refractivity contribution in [1.29, 1.82) is 0 Å². The molecule has 3 aromatic rings. The SMILES string of the molecule is Cc1ccc(S(=O)(=O)Oc2ccc(C(=O)C=Cc3ccc(O)cc3)cc2)cc1. The molecule has 0 aliphatic carbocycles. The van der Waals surface area contributed by atoms with Crippen LogP contribution < -0.4 is 4.18 Å². The van der Waals surface area contributed by atoms with Crippen LogP contribution >= 0.6 is 0 Å². The molecule has 0 fully saturated rings. The molecule has 142 valence electrons. The van der Waals surface area contributed by atoms with Crippen LogP contribution in [0.25, 0.3) is 6.08 Å². The number of ketones is 1. The number of phenolic OH excluding ortho intramolecular Hbond substituents is 1. The molecule has 0 amide bonds. The minimum Gasteiger partial charge on any atom is -0.508 e. The van der Waals surface area contributed by atoms with Crippen molar-refractivity contribution in [3.8, 4) is 11.5 Å². The zero-order valence-corrected chi connectivity index (χ0v) is 15.9. The van der Waals surface area contributed by atoms with Gasteiger partial charge in [-0.3, -0.25) is 4.79 Å². The van der Waals surface area contributed by atoms with Crippen LogP contribution in [-0.4, -0.2) is 19.3 Å². The van der Waals surface area contributed by atoms with Crippen LogP contribution in [0.4, 0.5) is 0 Å². The van der Waals surface area contributed by atoms with Crippen molar-refractivity contribution in [2.45, 2.75) is 11.8 Å². The van der Waals surface area contributed by atoms with E-state index in [2.05, 4.69) is 0 Å². The normalized spacial score (nSPS) is 11.5. The van der Waals surface area contributed by atoms with Gasteiger partial charge in [-0.25, -0.2) is 0 Å². The number of aromatic hydroxyl groups is 1. The van der Waals surface area contributed by atoms with E-state index in [9.17, 15) is 18.3 Å². The Kier molecular flexibility index (Phi) is 5.61. The molecule has 0 atom stereocenters. The van der Waals surface area contributed by atoms with Crippen molar-refractivity contribution in [2.75, 3.05) is 0 Å². The van der Waals surface area contributed by atoms with Crippen LogP contribution in [0.1, 0.15) is 21.5 Å². The second kappa shape index (κ2) is 8.10. The Labute approximate surface area is 163 Å². The molecule has 0 aliphatic heterocycles. The van der Waals surface area contributed by atoms with Gasteiger partial charge in [-0.2, -0.15) is 8.42 Å². The maximum Gasteiger partial charge on any atom is 0.339 e. The average Bonchev–Trinajstić information content (AvgIpc) is 2.68. The zero-order chi connectivity index (χ0) is 20.1. The standard InChI is InChI=1S/C22H18O5S/c1-16-2-13-21(14-3-16)28(25,26)27-20-11-7-18(8-12-20)22(24)15-6-17-4-9-19(23)10-5-17/h2-15,23H,1H3. The number of aryl methyl sites for hydroxylation is 1. The molecule has 0 bridgehead atoms. The first-order valence-corrected chi connectivity index (χ1v) is 9.87. The summed E-state index contributed by atoms with van der Waals surface area (Å²) in [6.45, 7) is 1.86. The average molecular weight is 394 g/mol. The van der Waals surface area contributed by atoms with Crippen LogP contribution in [-0.2, 0) is 10.1 Å². The van der Waals surface area contributed by atoms with Gasteiger partial charge in [-0.15, -0.1) is 0 Å². The molecule has 3 aromatic carbocycles. The third-order valence-electron chi connectivity index (χ3n) is 3.97. The highest BCUT2D eigenvalue weighted by Crippen LogP contribution is 2.20. The summed E-state index contributed by atoms with van der Waals surface area (Å²) < 4.78 is 29.7. The summed E-state index contributed by atoms with van der Waals surface area (Å²) in [7, 11) is -3.93. The molecular formula is C22H18O5S. The fourth-order valence-corrected chi connectivity index (χ4v) is 3.34. The van der Waals surface area contributed by atoms with Gasteiger partial charge in [0.1, 0.15) is 16.4 Å². The van der Waals surface area contributed by atoms with Crippen LogP contribution in [0, 0.1) is 6.92 Å². The van der Waals surface area contributed by atoms with E-state index in [0.29, 0.717) is 5.56 Å². The minimum atomic E-state index is -3.93. The molecule has 0 aromatic heterocycles. The summed E-state index contributed by atoms with van der Waals surface area (Å²) in [6, 6.07) is 18.7. The van der Waals surface area contributed by atoms with E-state index in [4.69, 9.17) is 4.18 Å². The van der Waals surface area contributed by atoms with E-state index in [1.54, 1.807) is 30.3 Å². The first-order chi connectivity index (χ1) is 13.3. The van der Waals surface area contributed by atoms with Gasteiger partial charge in [0, 0.05) is 5.56 Å². The first-order valence-electron chi connectivity index (χ1n) is 8.46. The molecule has 0 heterocycles. The summed E-state index contributed by atoms with van der Waals surface area (Å²) in [5.74, 6) is 0.0420. The van der Waals surface area contributed by atoms with Crippen molar-refractivity contribution < 1.29 is 22.5 Å². The van der Waals surface area contributed by atoms with E-state index in [-0.39, 0.29) is 22.2 Å². The number of carbonyl (C=O) groups excluding carboxylic acids is 1. The summed E-state index contributed by atoms with van der Waals surface area (Å²) in [5.41, 5.74) is 2.12. The molecule has 28 heavy (non-hydrogen) atoms. The smallest absolute Gasteiger partial charge is 0.339 e. The second-order valence-corrected chi connectivity index (χ2v) is 7.71. The lowest BCUT2D eigenvalue weighted by atomic mass is 10.1. The number of allylic oxidation sites excluding steroid dienone is 1. The Morgan fingerprint density at radius 3 is 2.11 bits per heavy atom. The van der Waals surface area contributed by atoms with E-state index < -0.39 is 10.1 Å². The molecule has 0 saturated carbocycles. The van der Waals surface area contributed by atoms with Gasteiger partial charge in [0.2, 0.25) is 0 Å². The van der Waals surface area contributed by atoms with Gasteiger partial charge in [0.05, 0.1) is 0 Å². The summed E-state index contributed by atoms with van der Waals surface area (Å²) in [6.07, 6.45) is 3.04. The van der Waals surface area contributed by atoms with E-state index in [0.717, 1.165) is 11.1 Å². The molecule has 0 radical (unpaired) electrons. The Bertz CT molecular complexity index is 1100. The summed E-state index contributed by atoms with van der Waals surface area (Å²) in [5, 5.41) is 9.26. The highest BCUT2D eigenvalue weighted by Gasteiger charge is 2.16. The fraction of sp³-hybridized carbons (Fsp3) is 0.0455. The predicted molar refractivity (Wildman–Crippen MR) is 107 cm³/mol. The van der Waals surface area contributed by atoms with Gasteiger partial charge < -0.3 is 9.29 Å². The molecule has 0 aliphatic rings.